The van der Waals surface area contributed by atoms with Gasteiger partial charge in [0.15, 0.2) is 0 Å². The second kappa shape index (κ2) is 2.00. The number of aromatic nitrogens is 2. The van der Waals surface area contributed by atoms with Crippen molar-refractivity contribution in [3.63, 3.8) is 0 Å². The van der Waals surface area contributed by atoms with Gasteiger partial charge in [0.1, 0.15) is 0 Å². The molecule has 0 aliphatic rings. The van der Waals surface area contributed by atoms with Crippen LogP contribution < -0.4 is 5.43 Å². The lowest BCUT2D eigenvalue weighted by Crippen LogP contribution is -1.99. The van der Waals surface area contributed by atoms with Crippen LogP contribution in [0, 0.1) is 0 Å². The summed E-state index contributed by atoms with van der Waals surface area (Å²) in [5.41, 5.74) is -0.131. The van der Waals surface area contributed by atoms with E-state index >= 15 is 0 Å². The van der Waals surface area contributed by atoms with E-state index in [0.29, 0.717) is 5.03 Å². The van der Waals surface area contributed by atoms with Crippen molar-refractivity contribution in [2.24, 2.45) is 0 Å². The first-order valence-corrected chi connectivity index (χ1v) is 2.47. The number of rotatable bonds is 0. The van der Waals surface area contributed by atoms with Gasteiger partial charge in [-0.25, -0.2) is 0 Å². The fourth-order valence-corrected chi connectivity index (χ4v) is 0.551. The molecule has 42 valence electrons. The Balaban J connectivity index is 3.28. The van der Waals surface area contributed by atoms with Crippen LogP contribution in [0.5, 0.6) is 0 Å². The minimum absolute atomic E-state index is 0.131. The van der Waals surface area contributed by atoms with E-state index in [4.69, 9.17) is 0 Å². The summed E-state index contributed by atoms with van der Waals surface area (Å²) in [6.45, 7) is 0. The van der Waals surface area contributed by atoms with Crippen LogP contribution in [0.1, 0.15) is 0 Å². The predicted molar refractivity (Wildman–Crippen MR) is 32.1 cm³/mol. The van der Waals surface area contributed by atoms with Crippen molar-refractivity contribution in [1.82, 2.24) is 10.2 Å². The summed E-state index contributed by atoms with van der Waals surface area (Å²) in [5, 5.41) is 6.44. The monoisotopic (exact) mass is 128 g/mol. The Morgan fingerprint density at radius 3 is 2.88 bits per heavy atom. The average Bonchev–Trinajstić information content (AvgIpc) is 1.64. The molecule has 1 aromatic heterocycles. The van der Waals surface area contributed by atoms with Gasteiger partial charge in [-0.15, -0.1) is 12.6 Å². The molecule has 4 heteroatoms. The number of nitrogens with one attached hydrogen (secondary N) is 1. The molecule has 0 saturated heterocycles. The van der Waals surface area contributed by atoms with E-state index < -0.39 is 0 Å². The third kappa shape index (κ3) is 1.10. The topological polar surface area (TPSA) is 45.8 Å². The largest absolute Gasteiger partial charge is 0.288 e. The smallest absolute Gasteiger partial charge is 0.201 e. The Morgan fingerprint density at radius 1 is 1.75 bits per heavy atom. The fraction of sp³-hybridized carbons (Fsp3) is 0. The van der Waals surface area contributed by atoms with E-state index in [1.807, 2.05) is 0 Å². The molecule has 8 heavy (non-hydrogen) atoms. The van der Waals surface area contributed by atoms with Crippen LogP contribution in [0.3, 0.4) is 0 Å². The molecule has 1 rings (SSSR count). The van der Waals surface area contributed by atoms with Gasteiger partial charge in [0.05, 0.1) is 11.2 Å². The second-order valence-electron chi connectivity index (χ2n) is 1.30. The molecule has 3 nitrogen and oxygen atoms in total. The number of nitrogens with zero attached hydrogens (tertiary/aromatic N) is 1. The highest BCUT2D eigenvalue weighted by Crippen LogP contribution is 1.89. The molecule has 1 heterocycles. The van der Waals surface area contributed by atoms with Crippen LogP contribution in [0.15, 0.2) is 22.1 Å². The van der Waals surface area contributed by atoms with Crippen molar-refractivity contribution in [3.05, 3.63) is 22.5 Å². The molecule has 0 aliphatic heterocycles. The first-order chi connectivity index (χ1) is 3.79. The Bertz CT molecular complexity index is 231. The summed E-state index contributed by atoms with van der Waals surface area (Å²) in [4.78, 5) is 10.4. The lowest BCUT2D eigenvalue weighted by Gasteiger charge is -1.83. The van der Waals surface area contributed by atoms with Crippen LogP contribution >= 0.6 is 12.6 Å². The van der Waals surface area contributed by atoms with Crippen molar-refractivity contribution < 1.29 is 0 Å². The van der Waals surface area contributed by atoms with E-state index in [9.17, 15) is 4.79 Å². The summed E-state index contributed by atoms with van der Waals surface area (Å²) in [6, 6.07) is 1.36. The zero-order valence-electron chi connectivity index (χ0n) is 3.96. The predicted octanol–water partition coefficient (Wildman–Crippen LogP) is 0.0586. The van der Waals surface area contributed by atoms with Gasteiger partial charge < -0.3 is 0 Å². The van der Waals surface area contributed by atoms with Gasteiger partial charge in [0.25, 0.3) is 0 Å². The van der Waals surface area contributed by atoms with Crippen LogP contribution in [-0.4, -0.2) is 10.2 Å². The van der Waals surface area contributed by atoms with Crippen molar-refractivity contribution in [1.29, 1.82) is 0 Å². The van der Waals surface area contributed by atoms with E-state index in [2.05, 4.69) is 22.8 Å². The third-order valence-electron chi connectivity index (χ3n) is 0.650. The molecule has 0 amide bonds. The van der Waals surface area contributed by atoms with Gasteiger partial charge in [0, 0.05) is 6.07 Å². The van der Waals surface area contributed by atoms with E-state index in [0.717, 1.165) is 0 Å². The molecule has 0 aliphatic carbocycles. The lowest BCUT2D eigenvalue weighted by molar-refractivity contribution is 0.922. The van der Waals surface area contributed by atoms with Crippen molar-refractivity contribution >= 4 is 12.6 Å². The number of hydrogen-bond donors (Lipinski definition) is 2. The zero-order valence-corrected chi connectivity index (χ0v) is 4.85. The minimum atomic E-state index is -0.131. The molecule has 0 fully saturated rings. The highest BCUT2D eigenvalue weighted by Gasteiger charge is 1.82. The number of hydrogen-bond acceptors (Lipinski definition) is 3. The summed E-state index contributed by atoms with van der Waals surface area (Å²) < 4.78 is 0. The molecule has 0 atom stereocenters. The maximum atomic E-state index is 10.4. The quantitative estimate of drug-likeness (QED) is 0.485. The Labute approximate surface area is 51.2 Å². The standard InChI is InChI=1S/C4H4N2OS/c7-3-1-4(8)6-5-2-3/h1-2H,(H2,6,7,8). The lowest BCUT2D eigenvalue weighted by atomic mass is 10.6. The van der Waals surface area contributed by atoms with Gasteiger partial charge in [-0.2, -0.15) is 5.10 Å². The molecule has 1 aromatic rings. The van der Waals surface area contributed by atoms with Gasteiger partial charge in [-0.05, 0) is 0 Å². The Kier molecular flexibility index (Phi) is 1.34. The van der Waals surface area contributed by atoms with Crippen molar-refractivity contribution in [2.75, 3.05) is 0 Å². The number of aromatic amines is 1. The Morgan fingerprint density at radius 2 is 2.50 bits per heavy atom. The third-order valence-corrected chi connectivity index (χ3v) is 0.879. The molecular weight excluding hydrogens is 124 g/mol. The maximum absolute atomic E-state index is 10.4. The molecular formula is C4H4N2OS. The SMILES string of the molecule is O=c1cn[nH]c(S)c1. The fourth-order valence-electron chi connectivity index (χ4n) is 0.366. The van der Waals surface area contributed by atoms with Gasteiger partial charge in [-0.3, -0.25) is 9.89 Å². The van der Waals surface area contributed by atoms with E-state index in [-0.39, 0.29) is 5.43 Å². The molecule has 0 spiro atoms. The molecule has 0 bridgehead atoms. The average molecular weight is 128 g/mol. The normalized spacial score (nSPS) is 9.12. The first-order valence-electron chi connectivity index (χ1n) is 2.03. The zero-order chi connectivity index (χ0) is 5.98. The number of thiol groups is 1. The Hall–Kier alpha value is -0.770. The highest BCUT2D eigenvalue weighted by molar-refractivity contribution is 7.80. The van der Waals surface area contributed by atoms with Gasteiger partial charge in [-0.1, -0.05) is 0 Å². The summed E-state index contributed by atoms with van der Waals surface area (Å²) in [6.07, 6.45) is 1.19. The van der Waals surface area contributed by atoms with E-state index in [1.165, 1.54) is 12.3 Å². The molecule has 0 radical (unpaired) electrons. The molecule has 0 aromatic carbocycles. The van der Waals surface area contributed by atoms with E-state index in [1.54, 1.807) is 0 Å². The summed E-state index contributed by atoms with van der Waals surface area (Å²) >= 11 is 3.84. The van der Waals surface area contributed by atoms with Crippen LogP contribution in [0.4, 0.5) is 0 Å². The van der Waals surface area contributed by atoms with Gasteiger partial charge in [0.2, 0.25) is 5.43 Å². The molecule has 0 unspecified atom stereocenters. The summed E-state index contributed by atoms with van der Waals surface area (Å²) in [5.74, 6) is 0. The molecule has 0 saturated carbocycles. The van der Waals surface area contributed by atoms with Crippen LogP contribution in [-0.2, 0) is 0 Å². The second-order valence-corrected chi connectivity index (χ2v) is 1.78. The van der Waals surface area contributed by atoms with Crippen LogP contribution in [0.25, 0.3) is 0 Å². The molecule has 1 N–H and O–H groups in total. The van der Waals surface area contributed by atoms with Crippen molar-refractivity contribution in [3.8, 4) is 0 Å². The number of H-pyrrole nitrogens is 1. The highest BCUT2D eigenvalue weighted by atomic mass is 32.1. The van der Waals surface area contributed by atoms with Crippen LogP contribution in [0.2, 0.25) is 0 Å². The first kappa shape index (κ1) is 5.37. The van der Waals surface area contributed by atoms with Crippen molar-refractivity contribution in [2.45, 2.75) is 5.03 Å². The van der Waals surface area contributed by atoms with Gasteiger partial charge >= 0.3 is 0 Å². The minimum Gasteiger partial charge on any atom is -0.288 e. The maximum Gasteiger partial charge on any atom is 0.201 e. The summed E-state index contributed by atoms with van der Waals surface area (Å²) in [7, 11) is 0.